The molecule has 6 aromatic carbocycles. The summed E-state index contributed by atoms with van der Waals surface area (Å²) in [6.07, 6.45) is 4.08. The number of aromatic nitrogens is 1. The summed E-state index contributed by atoms with van der Waals surface area (Å²) < 4.78 is 0. The van der Waals surface area contributed by atoms with E-state index >= 15 is 0 Å². The van der Waals surface area contributed by atoms with Crippen molar-refractivity contribution in [1.82, 2.24) is 4.98 Å². The molecule has 234 valence electrons. The van der Waals surface area contributed by atoms with Gasteiger partial charge in [-0.15, -0.1) is 0 Å². The Morgan fingerprint density at radius 3 is 1.13 bits per heavy atom. The normalized spacial score (nSPS) is 11.3. The van der Waals surface area contributed by atoms with Crippen molar-refractivity contribution in [1.29, 1.82) is 0 Å². The van der Waals surface area contributed by atoms with E-state index in [2.05, 4.69) is 176 Å². The molecule has 0 aliphatic carbocycles. The SMILES string of the molecule is CCc1ccc(N(c2ccc(CC)cc2)c2ccc3[nH]c4ccc(N(c5ccc(CC)cc5)c5cccc(CC)c5)cc4c3c2)cc1. The minimum Gasteiger partial charge on any atom is -0.355 e. The van der Waals surface area contributed by atoms with Crippen molar-refractivity contribution in [2.24, 2.45) is 0 Å². The Labute approximate surface area is 279 Å². The molecule has 0 radical (unpaired) electrons. The van der Waals surface area contributed by atoms with E-state index in [9.17, 15) is 0 Å². The molecular formula is C44H43N3. The van der Waals surface area contributed by atoms with E-state index in [-0.39, 0.29) is 0 Å². The van der Waals surface area contributed by atoms with Crippen LogP contribution in [0, 0.1) is 0 Å². The van der Waals surface area contributed by atoms with Gasteiger partial charge in [-0.05, 0) is 133 Å². The summed E-state index contributed by atoms with van der Waals surface area (Å²) >= 11 is 0. The highest BCUT2D eigenvalue weighted by molar-refractivity contribution is 6.10. The molecule has 47 heavy (non-hydrogen) atoms. The van der Waals surface area contributed by atoms with Crippen molar-refractivity contribution in [3.63, 3.8) is 0 Å². The number of fused-ring (bicyclic) bond motifs is 3. The van der Waals surface area contributed by atoms with Gasteiger partial charge in [0.1, 0.15) is 0 Å². The first-order valence-electron chi connectivity index (χ1n) is 17.1. The highest BCUT2D eigenvalue weighted by Crippen LogP contribution is 2.41. The van der Waals surface area contributed by atoms with Crippen LogP contribution in [0.3, 0.4) is 0 Å². The van der Waals surface area contributed by atoms with Gasteiger partial charge in [-0.3, -0.25) is 0 Å². The molecule has 0 aliphatic heterocycles. The molecule has 0 saturated carbocycles. The zero-order chi connectivity index (χ0) is 32.3. The zero-order valence-corrected chi connectivity index (χ0v) is 27.9. The van der Waals surface area contributed by atoms with E-state index in [0.717, 1.165) is 65.2 Å². The van der Waals surface area contributed by atoms with Gasteiger partial charge in [0, 0.05) is 55.9 Å². The number of rotatable bonds is 10. The van der Waals surface area contributed by atoms with E-state index in [1.54, 1.807) is 0 Å². The fourth-order valence-corrected chi connectivity index (χ4v) is 6.60. The van der Waals surface area contributed by atoms with Gasteiger partial charge in [0.15, 0.2) is 0 Å². The van der Waals surface area contributed by atoms with Crippen molar-refractivity contribution in [2.45, 2.75) is 53.4 Å². The lowest BCUT2D eigenvalue weighted by atomic mass is 10.1. The van der Waals surface area contributed by atoms with Crippen LogP contribution in [-0.4, -0.2) is 4.98 Å². The number of aryl methyl sites for hydroxylation is 4. The number of nitrogens with one attached hydrogen (secondary N) is 1. The molecule has 3 heteroatoms. The fourth-order valence-electron chi connectivity index (χ4n) is 6.60. The lowest BCUT2D eigenvalue weighted by molar-refractivity contribution is 1.13. The highest BCUT2D eigenvalue weighted by atomic mass is 15.1. The van der Waals surface area contributed by atoms with Gasteiger partial charge in [0.2, 0.25) is 0 Å². The van der Waals surface area contributed by atoms with E-state index < -0.39 is 0 Å². The number of aromatic amines is 1. The van der Waals surface area contributed by atoms with Gasteiger partial charge >= 0.3 is 0 Å². The van der Waals surface area contributed by atoms with Crippen LogP contribution >= 0.6 is 0 Å². The molecule has 0 atom stereocenters. The van der Waals surface area contributed by atoms with Crippen LogP contribution in [0.15, 0.2) is 133 Å². The number of hydrogen-bond acceptors (Lipinski definition) is 2. The quantitative estimate of drug-likeness (QED) is 0.166. The first kappa shape index (κ1) is 30.4. The van der Waals surface area contributed by atoms with E-state index in [4.69, 9.17) is 0 Å². The predicted octanol–water partition coefficient (Wildman–Crippen LogP) is 12.5. The average molecular weight is 614 g/mol. The smallest absolute Gasteiger partial charge is 0.0469 e. The second-order valence-electron chi connectivity index (χ2n) is 12.3. The van der Waals surface area contributed by atoms with Crippen LogP contribution in [0.4, 0.5) is 34.1 Å². The zero-order valence-electron chi connectivity index (χ0n) is 27.9. The van der Waals surface area contributed by atoms with Crippen molar-refractivity contribution >= 4 is 55.9 Å². The molecule has 0 saturated heterocycles. The molecule has 7 rings (SSSR count). The van der Waals surface area contributed by atoms with Gasteiger partial charge < -0.3 is 14.8 Å². The Kier molecular flexibility index (Phi) is 8.54. The van der Waals surface area contributed by atoms with Crippen molar-refractivity contribution in [3.05, 3.63) is 156 Å². The molecule has 0 amide bonds. The predicted molar refractivity (Wildman–Crippen MR) is 203 cm³/mol. The van der Waals surface area contributed by atoms with Gasteiger partial charge in [-0.1, -0.05) is 76.2 Å². The Bertz CT molecular complexity index is 2070. The standard InChI is InChI=1S/C44H43N3/c1-5-31-12-18-35(19-13-31)46(36-20-14-32(6-2)15-21-36)39-24-26-43-41(29-39)42-30-40(25-27-44(42)45-43)47(37-22-16-33(7-3)17-23-37)38-11-9-10-34(8-4)28-38/h9-30,45H,5-8H2,1-4H3. The van der Waals surface area contributed by atoms with Crippen molar-refractivity contribution in [3.8, 4) is 0 Å². The summed E-state index contributed by atoms with van der Waals surface area (Å²) in [4.78, 5) is 8.46. The minimum atomic E-state index is 1.000. The molecular weight excluding hydrogens is 571 g/mol. The van der Waals surface area contributed by atoms with Crippen LogP contribution in [-0.2, 0) is 25.7 Å². The summed E-state index contributed by atoms with van der Waals surface area (Å²) in [6.45, 7) is 8.83. The average Bonchev–Trinajstić information content (AvgIpc) is 3.50. The van der Waals surface area contributed by atoms with Gasteiger partial charge in [-0.25, -0.2) is 0 Å². The first-order chi connectivity index (χ1) is 23.1. The maximum Gasteiger partial charge on any atom is 0.0469 e. The molecule has 7 aromatic rings. The summed E-state index contributed by atoms with van der Waals surface area (Å²) in [5.74, 6) is 0. The third kappa shape index (κ3) is 6.02. The maximum absolute atomic E-state index is 3.70. The van der Waals surface area contributed by atoms with Crippen LogP contribution in [0.2, 0.25) is 0 Å². The van der Waals surface area contributed by atoms with E-state index in [0.29, 0.717) is 0 Å². The topological polar surface area (TPSA) is 22.3 Å². The minimum absolute atomic E-state index is 1.000. The molecule has 1 aromatic heterocycles. The Morgan fingerprint density at radius 1 is 0.362 bits per heavy atom. The summed E-state index contributed by atoms with van der Waals surface area (Å²) in [5, 5.41) is 2.42. The number of hydrogen-bond donors (Lipinski definition) is 1. The van der Waals surface area contributed by atoms with E-state index in [1.165, 1.54) is 38.7 Å². The molecule has 0 bridgehead atoms. The van der Waals surface area contributed by atoms with Crippen molar-refractivity contribution in [2.75, 3.05) is 9.80 Å². The third-order valence-electron chi connectivity index (χ3n) is 9.47. The van der Waals surface area contributed by atoms with Crippen molar-refractivity contribution < 1.29 is 0 Å². The highest BCUT2D eigenvalue weighted by Gasteiger charge is 2.18. The molecule has 1 N–H and O–H groups in total. The first-order valence-corrected chi connectivity index (χ1v) is 17.1. The van der Waals surface area contributed by atoms with Gasteiger partial charge in [0.05, 0.1) is 0 Å². The summed E-state index contributed by atoms with van der Waals surface area (Å²) in [6, 6.07) is 49.5. The summed E-state index contributed by atoms with van der Waals surface area (Å²) in [7, 11) is 0. The lowest BCUT2D eigenvalue weighted by Gasteiger charge is -2.26. The molecule has 0 aliphatic rings. The molecule has 3 nitrogen and oxygen atoms in total. The van der Waals surface area contributed by atoms with Crippen LogP contribution < -0.4 is 9.80 Å². The lowest BCUT2D eigenvalue weighted by Crippen LogP contribution is -2.10. The number of nitrogens with zero attached hydrogens (tertiary/aromatic N) is 2. The largest absolute Gasteiger partial charge is 0.355 e. The van der Waals surface area contributed by atoms with Crippen LogP contribution in [0.1, 0.15) is 49.9 Å². The number of anilines is 6. The molecule has 0 fully saturated rings. The third-order valence-corrected chi connectivity index (χ3v) is 9.47. The van der Waals surface area contributed by atoms with E-state index in [1.807, 2.05) is 0 Å². The maximum atomic E-state index is 3.70. The van der Waals surface area contributed by atoms with Gasteiger partial charge in [0.25, 0.3) is 0 Å². The Balaban J connectivity index is 1.38. The monoisotopic (exact) mass is 613 g/mol. The summed E-state index contributed by atoms with van der Waals surface area (Å²) in [5.41, 5.74) is 14.5. The number of H-pyrrole nitrogens is 1. The second-order valence-corrected chi connectivity index (χ2v) is 12.3. The second kappa shape index (κ2) is 13.2. The Morgan fingerprint density at radius 2 is 0.723 bits per heavy atom. The molecule has 1 heterocycles. The fraction of sp³-hybridized carbons (Fsp3) is 0.182. The van der Waals surface area contributed by atoms with Gasteiger partial charge in [-0.2, -0.15) is 0 Å². The Hall–Kier alpha value is -5.28. The molecule has 0 unspecified atom stereocenters. The number of benzene rings is 6. The van der Waals surface area contributed by atoms with Crippen LogP contribution in [0.5, 0.6) is 0 Å². The molecule has 0 spiro atoms. The van der Waals surface area contributed by atoms with Crippen LogP contribution in [0.25, 0.3) is 21.8 Å².